The predicted octanol–water partition coefficient (Wildman–Crippen LogP) is 2.51. The van der Waals surface area contributed by atoms with Gasteiger partial charge < -0.3 is 4.90 Å². The molecule has 0 aromatic heterocycles. The van der Waals surface area contributed by atoms with E-state index in [1.807, 2.05) is 0 Å². The molecule has 0 unspecified atom stereocenters. The highest BCUT2D eigenvalue weighted by Gasteiger charge is 2.08. The molecule has 1 aliphatic carbocycles. The SMILES string of the molecule is CN(C)C1=C([SiH](C)C)/C=C\C=C/C=C1. The molecule has 0 spiro atoms. The summed E-state index contributed by atoms with van der Waals surface area (Å²) in [5.41, 5.74) is 1.35. The number of rotatable bonds is 2. The van der Waals surface area contributed by atoms with Crippen LogP contribution in [0.4, 0.5) is 0 Å². The molecule has 0 radical (unpaired) electrons. The molecule has 14 heavy (non-hydrogen) atoms. The number of likely N-dealkylation sites (N-methyl/N-ethyl adjacent to an activating group) is 1. The lowest BCUT2D eigenvalue weighted by Crippen LogP contribution is -2.17. The highest BCUT2D eigenvalue weighted by molar-refractivity contribution is 6.65. The summed E-state index contributed by atoms with van der Waals surface area (Å²) >= 11 is 0. The maximum Gasteiger partial charge on any atom is 0.0674 e. The molecule has 0 fully saturated rings. The monoisotopic (exact) mass is 205 g/mol. The lowest BCUT2D eigenvalue weighted by Gasteiger charge is -2.20. The fourth-order valence-electron chi connectivity index (χ4n) is 1.51. The van der Waals surface area contributed by atoms with Gasteiger partial charge in [0.1, 0.15) is 0 Å². The highest BCUT2D eigenvalue weighted by Crippen LogP contribution is 2.15. The van der Waals surface area contributed by atoms with Crippen LogP contribution in [0.2, 0.25) is 13.1 Å². The maximum atomic E-state index is 2.36. The number of hydrogen-bond donors (Lipinski definition) is 0. The summed E-state index contributed by atoms with van der Waals surface area (Å²) in [7, 11) is 3.46. The third-order valence-electron chi connectivity index (χ3n) is 2.26. The Morgan fingerprint density at radius 2 is 1.50 bits per heavy atom. The van der Waals surface area contributed by atoms with E-state index in [2.05, 4.69) is 68.5 Å². The van der Waals surface area contributed by atoms with Gasteiger partial charge in [-0.3, -0.25) is 0 Å². The van der Waals surface area contributed by atoms with E-state index >= 15 is 0 Å². The van der Waals surface area contributed by atoms with Crippen molar-refractivity contribution < 1.29 is 0 Å². The van der Waals surface area contributed by atoms with E-state index in [-0.39, 0.29) is 0 Å². The summed E-state index contributed by atoms with van der Waals surface area (Å²) in [6.45, 7) is 4.73. The van der Waals surface area contributed by atoms with E-state index in [0.29, 0.717) is 0 Å². The van der Waals surface area contributed by atoms with Gasteiger partial charge in [-0.25, -0.2) is 0 Å². The Bertz CT molecular complexity index is 276. The standard InChI is InChI=1S/C12H19NSi/c1-13(2)11-9-7-5-6-8-10-12(11)14(3)4/h5-10,14H,1-4H3/b6-5-,7-5?,8-6?,9-7?,10-8-,11-9?,12-10?,12-11?. The van der Waals surface area contributed by atoms with Gasteiger partial charge in [-0.15, -0.1) is 0 Å². The Morgan fingerprint density at radius 3 is 2.00 bits per heavy atom. The molecule has 0 amide bonds. The molecular formula is C12H19NSi. The molecule has 0 bridgehead atoms. The van der Waals surface area contributed by atoms with Gasteiger partial charge in [0.05, 0.1) is 8.80 Å². The summed E-state index contributed by atoms with van der Waals surface area (Å²) in [5, 5.41) is 1.52. The third-order valence-corrected chi connectivity index (χ3v) is 4.00. The van der Waals surface area contributed by atoms with Crippen molar-refractivity contribution in [3.63, 3.8) is 0 Å². The van der Waals surface area contributed by atoms with E-state index in [0.717, 1.165) is 0 Å². The van der Waals surface area contributed by atoms with Crippen molar-refractivity contribution in [3.8, 4) is 0 Å². The molecule has 0 saturated heterocycles. The van der Waals surface area contributed by atoms with Crippen LogP contribution in [0.25, 0.3) is 0 Å². The van der Waals surface area contributed by atoms with Crippen LogP contribution in [0.1, 0.15) is 0 Å². The van der Waals surface area contributed by atoms with Crippen LogP contribution in [0.3, 0.4) is 0 Å². The van der Waals surface area contributed by atoms with Crippen molar-refractivity contribution in [1.82, 2.24) is 4.90 Å². The zero-order valence-electron chi connectivity index (χ0n) is 9.49. The van der Waals surface area contributed by atoms with E-state index in [1.165, 1.54) is 10.9 Å². The Morgan fingerprint density at radius 1 is 0.929 bits per heavy atom. The van der Waals surface area contributed by atoms with Gasteiger partial charge in [0, 0.05) is 19.8 Å². The Hall–Kier alpha value is -1.02. The lowest BCUT2D eigenvalue weighted by atomic mass is 10.2. The van der Waals surface area contributed by atoms with E-state index in [4.69, 9.17) is 0 Å². The highest BCUT2D eigenvalue weighted by atomic mass is 28.3. The topological polar surface area (TPSA) is 3.24 Å². The second-order valence-corrected chi connectivity index (χ2v) is 6.92. The minimum absolute atomic E-state index is 0.749. The van der Waals surface area contributed by atoms with Gasteiger partial charge in [0.25, 0.3) is 0 Å². The molecular weight excluding hydrogens is 186 g/mol. The summed E-state index contributed by atoms with van der Waals surface area (Å²) in [6.07, 6.45) is 12.8. The van der Waals surface area contributed by atoms with Gasteiger partial charge in [0.15, 0.2) is 0 Å². The minimum Gasteiger partial charge on any atom is -0.378 e. The van der Waals surface area contributed by atoms with Crippen LogP contribution < -0.4 is 0 Å². The van der Waals surface area contributed by atoms with Gasteiger partial charge in [0.2, 0.25) is 0 Å². The summed E-state index contributed by atoms with van der Waals surface area (Å²) in [6, 6.07) is 0. The van der Waals surface area contributed by atoms with Crippen molar-refractivity contribution in [2.45, 2.75) is 13.1 Å². The first-order chi connectivity index (χ1) is 6.63. The van der Waals surface area contributed by atoms with E-state index in [1.54, 1.807) is 0 Å². The number of allylic oxidation sites excluding steroid dienone is 7. The molecule has 1 rings (SSSR count). The second-order valence-electron chi connectivity index (χ2n) is 3.99. The van der Waals surface area contributed by atoms with Crippen LogP contribution >= 0.6 is 0 Å². The minimum atomic E-state index is -0.749. The average molecular weight is 205 g/mol. The van der Waals surface area contributed by atoms with Gasteiger partial charge >= 0.3 is 0 Å². The molecule has 0 aromatic carbocycles. The van der Waals surface area contributed by atoms with Crippen molar-refractivity contribution in [2.24, 2.45) is 0 Å². The fraction of sp³-hybridized carbons (Fsp3) is 0.333. The summed E-state index contributed by atoms with van der Waals surface area (Å²) in [4.78, 5) is 2.20. The fourth-order valence-corrected chi connectivity index (χ4v) is 2.95. The third kappa shape index (κ3) is 2.74. The normalized spacial score (nSPS) is 20.6. The van der Waals surface area contributed by atoms with Crippen LogP contribution in [0.15, 0.2) is 47.3 Å². The van der Waals surface area contributed by atoms with Crippen LogP contribution in [0.5, 0.6) is 0 Å². The Kier molecular flexibility index (Phi) is 3.95. The van der Waals surface area contributed by atoms with E-state index < -0.39 is 8.80 Å². The Labute approximate surface area is 88.7 Å². The van der Waals surface area contributed by atoms with E-state index in [9.17, 15) is 0 Å². The molecule has 1 aliphatic rings. The second kappa shape index (κ2) is 5.01. The van der Waals surface area contributed by atoms with Crippen molar-refractivity contribution in [1.29, 1.82) is 0 Å². The molecule has 76 valence electrons. The quantitative estimate of drug-likeness (QED) is 0.626. The zero-order valence-corrected chi connectivity index (χ0v) is 10.6. The molecule has 0 N–H and O–H groups in total. The molecule has 1 nitrogen and oxygen atoms in total. The first-order valence-corrected chi connectivity index (χ1v) is 7.94. The zero-order chi connectivity index (χ0) is 10.6. The van der Waals surface area contributed by atoms with Gasteiger partial charge in [-0.1, -0.05) is 43.5 Å². The summed E-state index contributed by atoms with van der Waals surface area (Å²) in [5.74, 6) is 0. The van der Waals surface area contributed by atoms with Crippen molar-refractivity contribution in [2.75, 3.05) is 14.1 Å². The Balaban J connectivity index is 3.13. The van der Waals surface area contributed by atoms with Gasteiger partial charge in [-0.05, 0) is 11.3 Å². The first-order valence-electron chi connectivity index (χ1n) is 5.06. The van der Waals surface area contributed by atoms with Crippen molar-refractivity contribution in [3.05, 3.63) is 47.3 Å². The van der Waals surface area contributed by atoms with Crippen LogP contribution in [-0.2, 0) is 0 Å². The van der Waals surface area contributed by atoms with Crippen LogP contribution in [0, 0.1) is 0 Å². The lowest BCUT2D eigenvalue weighted by molar-refractivity contribution is 0.528. The largest absolute Gasteiger partial charge is 0.378 e. The smallest absolute Gasteiger partial charge is 0.0674 e. The summed E-state index contributed by atoms with van der Waals surface area (Å²) < 4.78 is 0. The average Bonchev–Trinajstić information content (AvgIpc) is 2.01. The number of hydrogen-bond acceptors (Lipinski definition) is 1. The molecule has 0 heterocycles. The molecule has 0 aliphatic heterocycles. The molecule has 0 aromatic rings. The number of nitrogens with zero attached hydrogens (tertiary/aromatic N) is 1. The van der Waals surface area contributed by atoms with Crippen LogP contribution in [-0.4, -0.2) is 27.8 Å². The maximum absolute atomic E-state index is 2.36. The predicted molar refractivity (Wildman–Crippen MR) is 67.0 cm³/mol. The molecule has 0 atom stereocenters. The van der Waals surface area contributed by atoms with Crippen molar-refractivity contribution >= 4 is 8.80 Å². The first kappa shape index (κ1) is 11.1. The molecule has 2 heteroatoms. The van der Waals surface area contributed by atoms with Gasteiger partial charge in [-0.2, -0.15) is 0 Å². The molecule has 0 saturated carbocycles.